The molecule has 3 nitrogen and oxygen atoms in total. The van der Waals surface area contributed by atoms with E-state index in [2.05, 4.69) is 0 Å². The summed E-state index contributed by atoms with van der Waals surface area (Å²) >= 11 is 0. The molecule has 0 saturated carbocycles. The van der Waals surface area contributed by atoms with Gasteiger partial charge in [0, 0.05) is 24.2 Å². The quantitative estimate of drug-likeness (QED) is 0.742. The van der Waals surface area contributed by atoms with E-state index in [9.17, 15) is 18.0 Å². The summed E-state index contributed by atoms with van der Waals surface area (Å²) in [6.45, 7) is -0.0363. The van der Waals surface area contributed by atoms with Crippen LogP contribution in [-0.2, 0) is 0 Å². The van der Waals surface area contributed by atoms with E-state index in [-0.39, 0.29) is 25.4 Å². The molecule has 0 saturated heterocycles. The lowest BCUT2D eigenvalue weighted by atomic mass is 10.1. The number of benzene rings is 1. The van der Waals surface area contributed by atoms with Crippen LogP contribution in [0, 0.1) is 11.3 Å². The molecule has 0 aromatic heterocycles. The molecule has 20 heavy (non-hydrogen) atoms. The minimum Gasteiger partial charge on any atom is -0.335 e. The minimum absolute atomic E-state index is 0.0287. The summed E-state index contributed by atoms with van der Waals surface area (Å²) in [6, 6.07) is 8.04. The zero-order valence-electron chi connectivity index (χ0n) is 10.4. The van der Waals surface area contributed by atoms with E-state index in [1.165, 1.54) is 11.0 Å². The van der Waals surface area contributed by atoms with E-state index >= 15 is 0 Å². The van der Waals surface area contributed by atoms with Gasteiger partial charge in [-0.05, 0) is 24.6 Å². The van der Waals surface area contributed by atoms with Gasteiger partial charge >= 0.3 is 6.18 Å². The molecule has 0 bridgehead atoms. The van der Waals surface area contributed by atoms with Crippen molar-refractivity contribution in [2.24, 2.45) is 0 Å². The molecule has 1 aliphatic rings. The fourth-order valence-electron chi connectivity index (χ4n) is 2.02. The molecule has 0 aliphatic carbocycles. The van der Waals surface area contributed by atoms with Gasteiger partial charge in [0.15, 0.2) is 0 Å². The molecule has 1 aliphatic heterocycles. The van der Waals surface area contributed by atoms with E-state index in [4.69, 9.17) is 5.26 Å². The number of carbonyl (C=O) groups excluding carboxylic acids is 1. The maximum Gasteiger partial charge on any atom is 0.412 e. The number of hydrogen-bond donors (Lipinski definition) is 0. The second kappa shape index (κ2) is 5.37. The molecule has 0 atom stereocenters. The molecule has 1 heterocycles. The number of nitrogens with zero attached hydrogens (tertiary/aromatic N) is 2. The highest BCUT2D eigenvalue weighted by molar-refractivity contribution is 5.94. The third kappa shape index (κ3) is 2.99. The fourth-order valence-corrected chi connectivity index (χ4v) is 2.02. The Morgan fingerprint density at radius 3 is 2.65 bits per heavy atom. The first-order valence-electron chi connectivity index (χ1n) is 5.97. The van der Waals surface area contributed by atoms with Crippen molar-refractivity contribution in [3.8, 4) is 6.07 Å². The summed E-state index contributed by atoms with van der Waals surface area (Å²) in [5, 5.41) is 8.77. The van der Waals surface area contributed by atoms with Gasteiger partial charge < -0.3 is 4.90 Å². The predicted octanol–water partition coefficient (Wildman–Crippen LogP) is 2.89. The van der Waals surface area contributed by atoms with Gasteiger partial charge in [-0.2, -0.15) is 18.4 Å². The third-order valence-electron chi connectivity index (χ3n) is 3.10. The molecule has 0 N–H and O–H groups in total. The summed E-state index contributed by atoms with van der Waals surface area (Å²) in [7, 11) is 0. The molecule has 104 valence electrons. The molecule has 0 unspecified atom stereocenters. The van der Waals surface area contributed by atoms with Crippen LogP contribution in [0.5, 0.6) is 0 Å². The smallest absolute Gasteiger partial charge is 0.335 e. The average molecular weight is 280 g/mol. The van der Waals surface area contributed by atoms with Crippen molar-refractivity contribution in [2.45, 2.75) is 12.6 Å². The van der Waals surface area contributed by atoms with Crippen LogP contribution in [0.1, 0.15) is 22.3 Å². The molecular formula is C14H11F3N2O. The zero-order valence-corrected chi connectivity index (χ0v) is 10.4. The first kappa shape index (κ1) is 14.1. The van der Waals surface area contributed by atoms with E-state index in [0.29, 0.717) is 11.1 Å². The van der Waals surface area contributed by atoms with Crippen molar-refractivity contribution in [1.29, 1.82) is 5.26 Å². The molecular weight excluding hydrogens is 269 g/mol. The van der Waals surface area contributed by atoms with Crippen LogP contribution in [0.25, 0.3) is 0 Å². The van der Waals surface area contributed by atoms with Gasteiger partial charge in [0.05, 0.1) is 11.6 Å². The van der Waals surface area contributed by atoms with Crippen LogP contribution in [0.4, 0.5) is 13.2 Å². The second-order valence-corrected chi connectivity index (χ2v) is 4.42. The maximum atomic E-state index is 12.5. The number of rotatable bonds is 1. The Hall–Kier alpha value is -2.29. The summed E-state index contributed by atoms with van der Waals surface area (Å²) in [5.74, 6) is -0.362. The van der Waals surface area contributed by atoms with Crippen LogP contribution in [0.2, 0.25) is 0 Å². The normalized spacial score (nSPS) is 15.5. The first-order chi connectivity index (χ1) is 9.41. The molecule has 0 radical (unpaired) electrons. The standard InChI is InChI=1S/C14H11F3N2O/c15-14(16,17)12-4-6-19(7-5-12)13(20)11-3-1-2-10(8-11)9-18/h1-4,8H,5-7H2. The summed E-state index contributed by atoms with van der Waals surface area (Å²) < 4.78 is 37.5. The number of halogens is 3. The second-order valence-electron chi connectivity index (χ2n) is 4.42. The minimum atomic E-state index is -4.32. The van der Waals surface area contributed by atoms with Gasteiger partial charge in [0.25, 0.3) is 5.91 Å². The largest absolute Gasteiger partial charge is 0.412 e. The van der Waals surface area contributed by atoms with Crippen LogP contribution < -0.4 is 0 Å². The topological polar surface area (TPSA) is 44.1 Å². The SMILES string of the molecule is N#Cc1cccc(C(=O)N2CC=C(C(F)(F)F)CC2)c1. The molecule has 0 spiro atoms. The average Bonchev–Trinajstić information content (AvgIpc) is 2.46. The number of alkyl halides is 3. The van der Waals surface area contributed by atoms with Crippen LogP contribution in [0.15, 0.2) is 35.9 Å². The Balaban J connectivity index is 2.13. The van der Waals surface area contributed by atoms with Gasteiger partial charge in [-0.15, -0.1) is 0 Å². The maximum absolute atomic E-state index is 12.5. The molecule has 1 aromatic carbocycles. The lowest BCUT2D eigenvalue weighted by Gasteiger charge is -2.27. The van der Waals surface area contributed by atoms with Gasteiger partial charge in [-0.3, -0.25) is 4.79 Å². The number of hydrogen-bond acceptors (Lipinski definition) is 2. The monoisotopic (exact) mass is 280 g/mol. The Bertz CT molecular complexity index is 599. The van der Waals surface area contributed by atoms with Gasteiger partial charge in [0.1, 0.15) is 0 Å². The van der Waals surface area contributed by atoms with E-state index < -0.39 is 11.7 Å². The van der Waals surface area contributed by atoms with E-state index in [1.54, 1.807) is 18.2 Å². The highest BCUT2D eigenvalue weighted by Crippen LogP contribution is 2.30. The van der Waals surface area contributed by atoms with Gasteiger partial charge in [-0.25, -0.2) is 0 Å². The van der Waals surface area contributed by atoms with Crippen LogP contribution in [0.3, 0.4) is 0 Å². The van der Waals surface area contributed by atoms with Crippen molar-refractivity contribution in [1.82, 2.24) is 4.90 Å². The Morgan fingerprint density at radius 1 is 1.35 bits per heavy atom. The van der Waals surface area contributed by atoms with Crippen molar-refractivity contribution in [3.05, 3.63) is 47.0 Å². The zero-order chi connectivity index (χ0) is 14.8. The number of carbonyl (C=O) groups is 1. The number of nitriles is 1. The van der Waals surface area contributed by atoms with Crippen molar-refractivity contribution >= 4 is 5.91 Å². The fraction of sp³-hybridized carbons (Fsp3) is 0.286. The van der Waals surface area contributed by atoms with E-state index in [1.807, 2.05) is 6.07 Å². The van der Waals surface area contributed by atoms with Crippen LogP contribution >= 0.6 is 0 Å². The van der Waals surface area contributed by atoms with Crippen LogP contribution in [-0.4, -0.2) is 30.1 Å². The molecule has 6 heteroatoms. The molecule has 2 rings (SSSR count). The summed E-state index contributed by atoms with van der Waals surface area (Å²) in [6.07, 6.45) is -3.49. The van der Waals surface area contributed by atoms with Gasteiger partial charge in [0.2, 0.25) is 0 Å². The van der Waals surface area contributed by atoms with Crippen molar-refractivity contribution in [3.63, 3.8) is 0 Å². The first-order valence-corrected chi connectivity index (χ1v) is 5.97. The highest BCUT2D eigenvalue weighted by atomic mass is 19.4. The summed E-state index contributed by atoms with van der Waals surface area (Å²) in [5.41, 5.74) is 0.0691. The van der Waals surface area contributed by atoms with Gasteiger partial charge in [-0.1, -0.05) is 12.1 Å². The van der Waals surface area contributed by atoms with Crippen molar-refractivity contribution in [2.75, 3.05) is 13.1 Å². The van der Waals surface area contributed by atoms with E-state index in [0.717, 1.165) is 6.08 Å². The lowest BCUT2D eigenvalue weighted by molar-refractivity contribution is -0.0957. The van der Waals surface area contributed by atoms with Crippen molar-refractivity contribution < 1.29 is 18.0 Å². The molecule has 1 aromatic rings. The lowest BCUT2D eigenvalue weighted by Crippen LogP contribution is -2.36. The summed E-state index contributed by atoms with van der Waals surface area (Å²) in [4.78, 5) is 13.5. The predicted molar refractivity (Wildman–Crippen MR) is 65.8 cm³/mol. The Morgan fingerprint density at radius 2 is 2.10 bits per heavy atom. The number of amides is 1. The highest BCUT2D eigenvalue weighted by Gasteiger charge is 2.35. The third-order valence-corrected chi connectivity index (χ3v) is 3.10. The molecule has 1 amide bonds. The Kier molecular flexibility index (Phi) is 3.79. The molecule has 0 fully saturated rings. The Labute approximate surface area is 113 Å².